The van der Waals surface area contributed by atoms with Crippen LogP contribution in [0.25, 0.3) is 97.4 Å². The van der Waals surface area contributed by atoms with Gasteiger partial charge in [-0.2, -0.15) is 0 Å². The summed E-state index contributed by atoms with van der Waals surface area (Å²) in [7, 11) is -2.78. The molecule has 70 heavy (non-hydrogen) atoms. The van der Waals surface area contributed by atoms with E-state index in [1.165, 1.54) is 107 Å². The molecule has 0 fully saturated rings. The molecule has 2 nitrogen and oxygen atoms in total. The number of hydrogen-bond acceptors (Lipinski definition) is 1. The van der Waals surface area contributed by atoms with Crippen molar-refractivity contribution in [2.24, 2.45) is 0 Å². The van der Waals surface area contributed by atoms with Crippen LogP contribution in [0, 0.1) is 0 Å². The summed E-state index contributed by atoms with van der Waals surface area (Å²) in [5, 5.41) is 13.0. The average Bonchev–Trinajstić information content (AvgIpc) is 4.09. The summed E-state index contributed by atoms with van der Waals surface area (Å²) >= 11 is 1.88. The topological polar surface area (TPSA) is 9.86 Å². The van der Waals surface area contributed by atoms with Gasteiger partial charge >= 0.3 is 0 Å². The predicted octanol–water partition coefficient (Wildman–Crippen LogP) is 15.0. The molecule has 14 rings (SSSR count). The van der Waals surface area contributed by atoms with Crippen molar-refractivity contribution in [3.63, 3.8) is 0 Å². The molecule has 0 saturated heterocycles. The van der Waals surface area contributed by atoms with Crippen LogP contribution in [-0.2, 0) is 0 Å². The molecule has 14 aromatic rings. The van der Waals surface area contributed by atoms with Crippen molar-refractivity contribution in [3.8, 4) is 33.6 Å². The van der Waals surface area contributed by atoms with Crippen LogP contribution >= 0.6 is 11.3 Å². The highest BCUT2D eigenvalue weighted by molar-refractivity contribution is 7.25. The van der Waals surface area contributed by atoms with E-state index in [1.54, 1.807) is 0 Å². The summed E-state index contributed by atoms with van der Waals surface area (Å²) in [4.78, 5) is 0. The second kappa shape index (κ2) is 16.3. The summed E-state index contributed by atoms with van der Waals surface area (Å²) in [6.07, 6.45) is 0. The molecule has 328 valence electrons. The average molecular weight is 925 g/mol. The van der Waals surface area contributed by atoms with E-state index >= 15 is 0 Å². The van der Waals surface area contributed by atoms with Crippen LogP contribution in [0.15, 0.2) is 267 Å². The minimum absolute atomic E-state index is 1.13. The molecule has 0 atom stereocenters. The van der Waals surface area contributed by atoms with Gasteiger partial charge in [-0.05, 0) is 98.1 Å². The molecule has 11 aromatic carbocycles. The van der Waals surface area contributed by atoms with Crippen molar-refractivity contribution in [1.29, 1.82) is 0 Å². The number of nitrogens with zero attached hydrogens (tertiary/aromatic N) is 2. The van der Waals surface area contributed by atoms with Crippen LogP contribution in [0.4, 0.5) is 0 Å². The quantitative estimate of drug-likeness (QED) is 0.106. The van der Waals surface area contributed by atoms with Gasteiger partial charge in [0.25, 0.3) is 0 Å². The van der Waals surface area contributed by atoms with E-state index in [-0.39, 0.29) is 0 Å². The molecular weight excluding hydrogens is 881 g/mol. The van der Waals surface area contributed by atoms with Gasteiger partial charge in [0.05, 0.1) is 22.1 Å². The Balaban J connectivity index is 1.00. The molecule has 0 unspecified atom stereocenters. The van der Waals surface area contributed by atoms with E-state index in [2.05, 4.69) is 276 Å². The maximum absolute atomic E-state index is 2.78. The largest absolute Gasteiger partial charge is 0.309 e. The Hall–Kier alpha value is -8.54. The Morgan fingerprint density at radius 1 is 0.271 bits per heavy atom. The van der Waals surface area contributed by atoms with Crippen molar-refractivity contribution >= 4 is 104 Å². The Morgan fingerprint density at radius 3 is 1.54 bits per heavy atom. The van der Waals surface area contributed by atoms with Gasteiger partial charge in [-0.3, -0.25) is 0 Å². The van der Waals surface area contributed by atoms with Gasteiger partial charge in [0.1, 0.15) is 0 Å². The Morgan fingerprint density at radius 2 is 0.800 bits per heavy atom. The summed E-state index contributed by atoms with van der Waals surface area (Å²) in [5.74, 6) is 0. The first-order valence-corrected chi connectivity index (χ1v) is 26.9. The monoisotopic (exact) mass is 924 g/mol. The molecule has 4 heteroatoms. The van der Waals surface area contributed by atoms with Gasteiger partial charge in [-0.25, -0.2) is 0 Å². The first kappa shape index (κ1) is 40.5. The molecule has 0 saturated carbocycles. The fourth-order valence-electron chi connectivity index (χ4n) is 11.6. The van der Waals surface area contributed by atoms with E-state index in [1.807, 2.05) is 11.3 Å². The number of thiophene rings is 1. The van der Waals surface area contributed by atoms with E-state index in [0.717, 1.165) is 11.4 Å². The van der Waals surface area contributed by atoms with E-state index in [9.17, 15) is 0 Å². The highest BCUT2D eigenvalue weighted by Crippen LogP contribution is 2.43. The Labute approximate surface area is 411 Å². The van der Waals surface area contributed by atoms with E-state index < -0.39 is 8.07 Å². The van der Waals surface area contributed by atoms with Gasteiger partial charge in [-0.1, -0.05) is 206 Å². The highest BCUT2D eigenvalue weighted by Gasteiger charge is 2.41. The van der Waals surface area contributed by atoms with E-state index in [0.29, 0.717) is 0 Å². The minimum atomic E-state index is -2.78. The molecule has 0 aliphatic carbocycles. The molecule has 0 aliphatic heterocycles. The summed E-state index contributed by atoms with van der Waals surface area (Å²) < 4.78 is 7.64. The first-order chi connectivity index (χ1) is 34.7. The van der Waals surface area contributed by atoms with Crippen LogP contribution in [0.5, 0.6) is 0 Å². The lowest BCUT2D eigenvalue weighted by atomic mass is 9.99. The second-order valence-corrected chi connectivity index (χ2v) is 23.3. The van der Waals surface area contributed by atoms with Gasteiger partial charge < -0.3 is 9.13 Å². The van der Waals surface area contributed by atoms with Crippen LogP contribution < -0.4 is 20.7 Å². The zero-order valence-corrected chi connectivity index (χ0v) is 40.0. The molecule has 0 spiro atoms. The van der Waals surface area contributed by atoms with Crippen molar-refractivity contribution < 1.29 is 0 Å². The third kappa shape index (κ3) is 6.24. The fourth-order valence-corrected chi connectivity index (χ4v) is 17.5. The third-order valence-electron chi connectivity index (χ3n) is 14.7. The van der Waals surface area contributed by atoms with Gasteiger partial charge in [0, 0.05) is 58.7 Å². The summed E-state index contributed by atoms with van der Waals surface area (Å²) in [6, 6.07) is 99.6. The van der Waals surface area contributed by atoms with Gasteiger partial charge in [0.2, 0.25) is 0 Å². The molecular formula is C66H44N2SSi. The predicted molar refractivity (Wildman–Crippen MR) is 302 cm³/mol. The zero-order valence-electron chi connectivity index (χ0n) is 38.2. The first-order valence-electron chi connectivity index (χ1n) is 24.1. The van der Waals surface area contributed by atoms with Gasteiger partial charge in [0.15, 0.2) is 8.07 Å². The molecule has 3 aromatic heterocycles. The fraction of sp³-hybridized carbons (Fsp3) is 0. The molecule has 0 aliphatic rings. The summed E-state index contributed by atoms with van der Waals surface area (Å²) in [6.45, 7) is 0. The van der Waals surface area contributed by atoms with Crippen LogP contribution in [0.1, 0.15) is 0 Å². The van der Waals surface area contributed by atoms with Crippen molar-refractivity contribution in [1.82, 2.24) is 9.13 Å². The highest BCUT2D eigenvalue weighted by atomic mass is 32.1. The molecule has 0 bridgehead atoms. The number of fused-ring (bicyclic) bond motifs is 9. The van der Waals surface area contributed by atoms with E-state index in [4.69, 9.17) is 0 Å². The lowest BCUT2D eigenvalue weighted by Crippen LogP contribution is -2.74. The zero-order chi connectivity index (χ0) is 46.2. The van der Waals surface area contributed by atoms with Crippen LogP contribution in [-0.4, -0.2) is 17.2 Å². The SMILES string of the molecule is c1ccc(-c2ccc3c(c2)c2cccc(-c4ccc5c(c4)sc4ccccc45)c2n3-c2ccc3c(c2)c2ccccc2n3-c2cccc([Si](c3ccccc3)(c3ccccc3)c3ccccc3)c2)cc1. The maximum Gasteiger partial charge on any atom is 0.179 e. The van der Waals surface area contributed by atoms with Crippen LogP contribution in [0.2, 0.25) is 0 Å². The molecule has 0 radical (unpaired) electrons. The minimum Gasteiger partial charge on any atom is -0.309 e. The Bertz CT molecular complexity index is 4190. The standard InChI is InChI=1S/C66H44N2SSi/c1-5-19-45(20-6-1)46-36-39-63-59(41-46)58-32-18-31-54(47-35-38-57-56-30-14-16-34-64(56)69-65(57)42-47)66(58)68(63)49-37-40-62-60(44-49)55-29-13-15-33-61(55)67(62)48-21-17-28-53(43-48)70(50-22-7-2-8-23-50,51-24-9-3-10-25-51)52-26-11-4-12-27-52/h1-44H. The lowest BCUT2D eigenvalue weighted by Gasteiger charge is -2.34. The second-order valence-electron chi connectivity index (χ2n) is 18.4. The number of aromatic nitrogens is 2. The number of benzene rings is 11. The molecule has 0 amide bonds. The lowest BCUT2D eigenvalue weighted by molar-refractivity contribution is 1.17. The smallest absolute Gasteiger partial charge is 0.179 e. The Kier molecular flexibility index (Phi) is 9.44. The van der Waals surface area contributed by atoms with Gasteiger partial charge in [-0.15, -0.1) is 11.3 Å². The van der Waals surface area contributed by atoms with Crippen LogP contribution in [0.3, 0.4) is 0 Å². The number of para-hydroxylation sites is 2. The van der Waals surface area contributed by atoms with Crippen molar-refractivity contribution in [3.05, 3.63) is 267 Å². The molecule has 0 N–H and O–H groups in total. The molecule has 3 heterocycles. The maximum atomic E-state index is 2.52. The number of hydrogen-bond donors (Lipinski definition) is 0. The van der Waals surface area contributed by atoms with Crippen molar-refractivity contribution in [2.75, 3.05) is 0 Å². The third-order valence-corrected chi connectivity index (χ3v) is 20.6. The number of rotatable bonds is 8. The van der Waals surface area contributed by atoms with Crippen molar-refractivity contribution in [2.45, 2.75) is 0 Å². The summed E-state index contributed by atoms with van der Waals surface area (Å²) in [5.41, 5.74) is 11.9. The normalized spacial score (nSPS) is 12.0.